The number of nitriles is 1. The van der Waals surface area contributed by atoms with E-state index in [1.165, 1.54) is 0 Å². The fourth-order valence-electron chi connectivity index (χ4n) is 2.10. The van der Waals surface area contributed by atoms with Crippen molar-refractivity contribution < 1.29 is 0 Å². The van der Waals surface area contributed by atoms with Gasteiger partial charge in [-0.3, -0.25) is 14.8 Å². The van der Waals surface area contributed by atoms with E-state index < -0.39 is 11.2 Å². The normalized spacial score (nSPS) is 12.1. The maximum absolute atomic E-state index is 11.8. The molecule has 0 atom stereocenters. The molecule has 3 rings (SSSR count). The number of aromatic amines is 2. The standard InChI is InChI=1S/C12H9N5O2/c1-17-8-3-2-6(5-13)4-7(8)14-9-10(17)15-12(19)16-11(9)18/h2-4,14H,1H3,(H2,15,16,18,19). The quantitative estimate of drug-likeness (QED) is 0.644. The lowest BCUT2D eigenvalue weighted by atomic mass is 10.1. The van der Waals surface area contributed by atoms with E-state index in [-0.39, 0.29) is 5.69 Å². The summed E-state index contributed by atoms with van der Waals surface area (Å²) in [4.78, 5) is 29.5. The predicted molar refractivity (Wildman–Crippen MR) is 70.2 cm³/mol. The van der Waals surface area contributed by atoms with Crippen LogP contribution >= 0.6 is 0 Å². The molecule has 0 saturated heterocycles. The van der Waals surface area contributed by atoms with E-state index in [1.807, 2.05) is 6.07 Å². The first kappa shape index (κ1) is 11.1. The van der Waals surface area contributed by atoms with Crippen LogP contribution in [0.1, 0.15) is 5.56 Å². The average molecular weight is 255 g/mol. The summed E-state index contributed by atoms with van der Waals surface area (Å²) >= 11 is 0. The van der Waals surface area contributed by atoms with Crippen molar-refractivity contribution in [2.45, 2.75) is 0 Å². The molecule has 1 aromatic heterocycles. The first-order chi connectivity index (χ1) is 9.10. The SMILES string of the molecule is CN1c2ccc(C#N)cc2Nc2c1[nH]c(=O)[nH]c2=O. The highest BCUT2D eigenvalue weighted by molar-refractivity contribution is 5.89. The third kappa shape index (κ3) is 1.58. The van der Waals surface area contributed by atoms with E-state index in [9.17, 15) is 9.59 Å². The molecule has 0 bridgehead atoms. The van der Waals surface area contributed by atoms with Gasteiger partial charge in [-0.1, -0.05) is 0 Å². The monoisotopic (exact) mass is 255 g/mol. The van der Waals surface area contributed by atoms with Crippen molar-refractivity contribution in [2.24, 2.45) is 0 Å². The number of fused-ring (bicyclic) bond motifs is 2. The minimum atomic E-state index is -0.561. The largest absolute Gasteiger partial charge is 0.346 e. The van der Waals surface area contributed by atoms with Crippen molar-refractivity contribution in [3.63, 3.8) is 0 Å². The molecule has 1 aliphatic heterocycles. The van der Waals surface area contributed by atoms with Crippen molar-refractivity contribution in [3.8, 4) is 6.07 Å². The third-order valence-corrected chi connectivity index (χ3v) is 3.00. The fraction of sp³-hybridized carbons (Fsp3) is 0.0833. The van der Waals surface area contributed by atoms with Crippen molar-refractivity contribution in [2.75, 3.05) is 17.3 Å². The number of nitrogens with zero attached hydrogens (tertiary/aromatic N) is 2. The number of hydrogen-bond donors (Lipinski definition) is 3. The van der Waals surface area contributed by atoms with E-state index >= 15 is 0 Å². The van der Waals surface area contributed by atoms with Crippen LogP contribution in [-0.2, 0) is 0 Å². The van der Waals surface area contributed by atoms with Gasteiger partial charge in [0.15, 0.2) is 0 Å². The first-order valence-electron chi connectivity index (χ1n) is 5.51. The topological polar surface area (TPSA) is 105 Å². The number of anilines is 4. The van der Waals surface area contributed by atoms with Crippen LogP contribution in [0.15, 0.2) is 27.8 Å². The Bertz CT molecular complexity index is 827. The molecule has 2 aromatic rings. The summed E-state index contributed by atoms with van der Waals surface area (Å²) in [5.41, 5.74) is 1.10. The van der Waals surface area contributed by atoms with E-state index in [1.54, 1.807) is 30.1 Å². The molecule has 94 valence electrons. The molecule has 1 aliphatic rings. The van der Waals surface area contributed by atoms with Crippen LogP contribution in [0.25, 0.3) is 0 Å². The fourth-order valence-corrected chi connectivity index (χ4v) is 2.10. The zero-order valence-electron chi connectivity index (χ0n) is 9.94. The molecule has 0 spiro atoms. The molecule has 0 radical (unpaired) electrons. The van der Waals surface area contributed by atoms with Gasteiger partial charge in [-0.15, -0.1) is 0 Å². The van der Waals surface area contributed by atoms with Crippen molar-refractivity contribution in [1.29, 1.82) is 5.26 Å². The first-order valence-corrected chi connectivity index (χ1v) is 5.51. The maximum Gasteiger partial charge on any atom is 0.327 e. The highest BCUT2D eigenvalue weighted by Crippen LogP contribution is 2.39. The molecule has 0 unspecified atom stereocenters. The summed E-state index contributed by atoms with van der Waals surface area (Å²) in [5, 5.41) is 11.8. The number of aromatic nitrogens is 2. The molecule has 3 N–H and O–H groups in total. The van der Waals surface area contributed by atoms with Crippen LogP contribution in [0.4, 0.5) is 22.9 Å². The Hall–Kier alpha value is -3.01. The minimum Gasteiger partial charge on any atom is -0.346 e. The molecule has 2 heterocycles. The Morgan fingerprint density at radius 2 is 2.05 bits per heavy atom. The number of H-pyrrole nitrogens is 2. The average Bonchev–Trinajstić information content (AvgIpc) is 2.40. The smallest absolute Gasteiger partial charge is 0.327 e. The Labute approximate surface area is 107 Å². The molecule has 7 nitrogen and oxygen atoms in total. The molecule has 7 heteroatoms. The Morgan fingerprint density at radius 3 is 2.79 bits per heavy atom. The van der Waals surface area contributed by atoms with Crippen molar-refractivity contribution in [1.82, 2.24) is 9.97 Å². The van der Waals surface area contributed by atoms with Crippen LogP contribution in [0, 0.1) is 11.3 Å². The van der Waals surface area contributed by atoms with Crippen LogP contribution < -0.4 is 21.5 Å². The van der Waals surface area contributed by atoms with Gasteiger partial charge >= 0.3 is 5.69 Å². The van der Waals surface area contributed by atoms with Crippen molar-refractivity contribution in [3.05, 3.63) is 44.6 Å². The predicted octanol–water partition coefficient (Wildman–Crippen LogP) is 0.760. The van der Waals surface area contributed by atoms with E-state index in [0.29, 0.717) is 17.1 Å². The van der Waals surface area contributed by atoms with Crippen LogP contribution in [0.2, 0.25) is 0 Å². The van der Waals surface area contributed by atoms with Crippen LogP contribution in [-0.4, -0.2) is 17.0 Å². The Morgan fingerprint density at radius 1 is 1.26 bits per heavy atom. The van der Waals surface area contributed by atoms with E-state index in [0.717, 1.165) is 5.69 Å². The highest BCUT2D eigenvalue weighted by atomic mass is 16.2. The molecular formula is C12H9N5O2. The lowest BCUT2D eigenvalue weighted by molar-refractivity contribution is 0.992. The molecular weight excluding hydrogens is 246 g/mol. The second-order valence-corrected chi connectivity index (χ2v) is 4.16. The number of rotatable bonds is 0. The number of hydrogen-bond acceptors (Lipinski definition) is 5. The van der Waals surface area contributed by atoms with Gasteiger partial charge in [-0.05, 0) is 18.2 Å². The molecule has 19 heavy (non-hydrogen) atoms. The number of benzene rings is 1. The highest BCUT2D eigenvalue weighted by Gasteiger charge is 2.23. The van der Waals surface area contributed by atoms with Gasteiger partial charge in [0.25, 0.3) is 5.56 Å². The van der Waals surface area contributed by atoms with Gasteiger partial charge in [0, 0.05) is 7.05 Å². The van der Waals surface area contributed by atoms with Crippen LogP contribution in [0.3, 0.4) is 0 Å². The minimum absolute atomic E-state index is 0.254. The second-order valence-electron chi connectivity index (χ2n) is 4.16. The lowest BCUT2D eigenvalue weighted by Crippen LogP contribution is -2.31. The molecule has 0 amide bonds. The zero-order valence-corrected chi connectivity index (χ0v) is 9.94. The van der Waals surface area contributed by atoms with Gasteiger partial charge in [-0.2, -0.15) is 5.26 Å². The van der Waals surface area contributed by atoms with Gasteiger partial charge in [0.2, 0.25) is 0 Å². The third-order valence-electron chi connectivity index (χ3n) is 3.00. The van der Waals surface area contributed by atoms with Gasteiger partial charge in [-0.25, -0.2) is 4.79 Å². The van der Waals surface area contributed by atoms with E-state index in [4.69, 9.17) is 5.26 Å². The van der Waals surface area contributed by atoms with Gasteiger partial charge in [0.05, 0.1) is 23.0 Å². The van der Waals surface area contributed by atoms with Crippen LogP contribution in [0.5, 0.6) is 0 Å². The van der Waals surface area contributed by atoms with Gasteiger partial charge in [0.1, 0.15) is 11.5 Å². The van der Waals surface area contributed by atoms with E-state index in [2.05, 4.69) is 15.3 Å². The van der Waals surface area contributed by atoms with Gasteiger partial charge < -0.3 is 10.2 Å². The summed E-state index contributed by atoms with van der Waals surface area (Å²) in [6, 6.07) is 7.12. The molecule has 0 fully saturated rings. The zero-order chi connectivity index (χ0) is 13.6. The Kier molecular flexibility index (Phi) is 2.19. The number of nitrogens with one attached hydrogen (secondary N) is 3. The summed E-state index contributed by atoms with van der Waals surface area (Å²) in [7, 11) is 1.74. The summed E-state index contributed by atoms with van der Waals surface area (Å²) in [5.74, 6) is 0.394. The molecule has 0 saturated carbocycles. The Balaban J connectivity index is 2.26. The summed E-state index contributed by atoms with van der Waals surface area (Å²) < 4.78 is 0. The molecule has 1 aromatic carbocycles. The summed E-state index contributed by atoms with van der Waals surface area (Å²) in [6.45, 7) is 0. The van der Waals surface area contributed by atoms with Crippen molar-refractivity contribution >= 4 is 22.9 Å². The molecule has 0 aliphatic carbocycles. The lowest BCUT2D eigenvalue weighted by Gasteiger charge is -2.29. The summed E-state index contributed by atoms with van der Waals surface area (Å²) in [6.07, 6.45) is 0. The maximum atomic E-state index is 11.8. The second kappa shape index (κ2) is 3.74.